The molecule has 5 nitrogen and oxygen atoms in total. The van der Waals surface area contributed by atoms with Gasteiger partial charge < -0.3 is 10.1 Å². The normalized spacial score (nSPS) is 22.7. The second-order valence-electron chi connectivity index (χ2n) is 5.22. The molecule has 1 heterocycles. The maximum atomic E-state index is 11.7. The molecule has 0 fully saturated rings. The van der Waals surface area contributed by atoms with Gasteiger partial charge in [-0.3, -0.25) is 10.1 Å². The van der Waals surface area contributed by atoms with Crippen molar-refractivity contribution in [3.63, 3.8) is 0 Å². The van der Waals surface area contributed by atoms with E-state index in [4.69, 9.17) is 4.74 Å². The third kappa shape index (κ3) is 3.48. The number of carbonyl (C=O) groups excluding carboxylic acids is 1. The molecule has 2 atom stereocenters. The van der Waals surface area contributed by atoms with Crippen molar-refractivity contribution in [2.75, 3.05) is 13.7 Å². The first-order valence-corrected chi connectivity index (χ1v) is 5.49. The summed E-state index contributed by atoms with van der Waals surface area (Å²) in [6, 6.07) is -0.343. The first-order valence-electron chi connectivity index (χ1n) is 5.49. The highest BCUT2D eigenvalue weighted by atomic mass is 16.5. The highest BCUT2D eigenvalue weighted by Crippen LogP contribution is 2.13. The average molecular weight is 227 g/mol. The van der Waals surface area contributed by atoms with Crippen LogP contribution in [-0.4, -0.2) is 37.2 Å². The Labute approximate surface area is 96.7 Å². The van der Waals surface area contributed by atoms with E-state index in [9.17, 15) is 4.79 Å². The van der Waals surface area contributed by atoms with Crippen LogP contribution >= 0.6 is 0 Å². The predicted octanol–water partition coefficient (Wildman–Crippen LogP) is 0.511. The van der Waals surface area contributed by atoms with Gasteiger partial charge in [0.05, 0.1) is 6.61 Å². The van der Waals surface area contributed by atoms with Gasteiger partial charge in [-0.25, -0.2) is 4.99 Å². The van der Waals surface area contributed by atoms with Crippen molar-refractivity contribution in [2.45, 2.75) is 39.3 Å². The second kappa shape index (κ2) is 4.82. The van der Waals surface area contributed by atoms with E-state index >= 15 is 0 Å². The van der Waals surface area contributed by atoms with Crippen molar-refractivity contribution in [3.8, 4) is 0 Å². The standard InChI is InChI=1S/C11H21N3O2/c1-7(6-16-5)8-9(15)13-10(12-8)14-11(2,3)4/h7-8H,6H2,1-5H3,(H2,12,13,14,15). The van der Waals surface area contributed by atoms with Gasteiger partial charge in [0.15, 0.2) is 5.96 Å². The van der Waals surface area contributed by atoms with E-state index in [2.05, 4.69) is 15.6 Å². The Morgan fingerprint density at radius 3 is 2.69 bits per heavy atom. The Morgan fingerprint density at radius 2 is 2.19 bits per heavy atom. The molecule has 0 aromatic heterocycles. The van der Waals surface area contributed by atoms with Gasteiger partial charge in [-0.15, -0.1) is 0 Å². The van der Waals surface area contributed by atoms with Crippen molar-refractivity contribution in [3.05, 3.63) is 0 Å². The molecule has 0 radical (unpaired) electrons. The summed E-state index contributed by atoms with van der Waals surface area (Å²) in [7, 11) is 1.63. The Kier molecular flexibility index (Phi) is 3.91. The summed E-state index contributed by atoms with van der Waals surface area (Å²) in [6.07, 6.45) is 0. The van der Waals surface area contributed by atoms with Crippen LogP contribution in [-0.2, 0) is 9.53 Å². The quantitative estimate of drug-likeness (QED) is 0.738. The van der Waals surface area contributed by atoms with Crippen LogP contribution in [0.15, 0.2) is 4.99 Å². The summed E-state index contributed by atoms with van der Waals surface area (Å²) in [6.45, 7) is 8.55. The predicted molar refractivity (Wildman–Crippen MR) is 63.3 cm³/mol. The van der Waals surface area contributed by atoms with E-state index in [0.717, 1.165) is 0 Å². The molecule has 0 aromatic carbocycles. The number of rotatable bonds is 3. The van der Waals surface area contributed by atoms with Crippen molar-refractivity contribution in [1.29, 1.82) is 0 Å². The molecule has 1 aliphatic heterocycles. The number of carbonyl (C=O) groups is 1. The molecule has 92 valence electrons. The van der Waals surface area contributed by atoms with E-state index in [0.29, 0.717) is 12.6 Å². The molecule has 1 aliphatic rings. The smallest absolute Gasteiger partial charge is 0.251 e. The number of methoxy groups -OCH3 is 1. The molecular formula is C11H21N3O2. The van der Waals surface area contributed by atoms with Crippen LogP contribution < -0.4 is 10.6 Å². The average Bonchev–Trinajstić information content (AvgIpc) is 2.44. The van der Waals surface area contributed by atoms with Crippen LogP contribution in [0.2, 0.25) is 0 Å². The minimum absolute atomic E-state index is 0.0590. The van der Waals surface area contributed by atoms with Gasteiger partial charge in [0.1, 0.15) is 6.04 Å². The Bertz CT molecular complexity index is 294. The summed E-state index contributed by atoms with van der Waals surface area (Å²) in [5, 5.41) is 5.90. The third-order valence-electron chi connectivity index (χ3n) is 2.24. The maximum Gasteiger partial charge on any atom is 0.251 e. The fourth-order valence-corrected chi connectivity index (χ4v) is 1.58. The summed E-state index contributed by atoms with van der Waals surface area (Å²) in [5.41, 5.74) is -0.106. The number of guanidine groups is 1. The number of aliphatic imine (C=N–C) groups is 1. The Hall–Kier alpha value is -1.10. The van der Waals surface area contributed by atoms with Crippen molar-refractivity contribution < 1.29 is 9.53 Å². The van der Waals surface area contributed by atoms with Gasteiger partial charge in [-0.2, -0.15) is 0 Å². The topological polar surface area (TPSA) is 62.7 Å². The van der Waals surface area contributed by atoms with Gasteiger partial charge in [-0.05, 0) is 20.8 Å². The largest absolute Gasteiger partial charge is 0.384 e. The minimum Gasteiger partial charge on any atom is -0.384 e. The highest BCUT2D eigenvalue weighted by Gasteiger charge is 2.32. The zero-order chi connectivity index (χ0) is 12.3. The van der Waals surface area contributed by atoms with E-state index in [-0.39, 0.29) is 23.4 Å². The Balaban J connectivity index is 2.64. The summed E-state index contributed by atoms with van der Waals surface area (Å²) < 4.78 is 5.03. The molecule has 16 heavy (non-hydrogen) atoms. The van der Waals surface area contributed by atoms with Crippen LogP contribution in [0.4, 0.5) is 0 Å². The van der Waals surface area contributed by atoms with Gasteiger partial charge in [0, 0.05) is 18.6 Å². The molecular weight excluding hydrogens is 206 g/mol. The monoisotopic (exact) mass is 227 g/mol. The lowest BCUT2D eigenvalue weighted by Gasteiger charge is -2.21. The van der Waals surface area contributed by atoms with E-state index in [1.54, 1.807) is 7.11 Å². The molecule has 0 bridgehead atoms. The third-order valence-corrected chi connectivity index (χ3v) is 2.24. The minimum atomic E-state index is -0.343. The fraction of sp³-hybridized carbons (Fsp3) is 0.818. The van der Waals surface area contributed by atoms with E-state index in [1.807, 2.05) is 27.7 Å². The number of amides is 1. The second-order valence-corrected chi connectivity index (χ2v) is 5.22. The SMILES string of the molecule is COCC(C)C1N=C(NC(C)(C)C)NC1=O. The van der Waals surface area contributed by atoms with Gasteiger partial charge in [0.25, 0.3) is 5.91 Å². The fourth-order valence-electron chi connectivity index (χ4n) is 1.58. The molecule has 0 saturated heterocycles. The molecule has 0 spiro atoms. The molecule has 0 saturated carbocycles. The molecule has 0 aromatic rings. The molecule has 2 unspecified atom stereocenters. The summed E-state index contributed by atoms with van der Waals surface area (Å²) >= 11 is 0. The van der Waals surface area contributed by atoms with Crippen LogP contribution in [0, 0.1) is 5.92 Å². The van der Waals surface area contributed by atoms with Crippen LogP contribution in [0.25, 0.3) is 0 Å². The van der Waals surface area contributed by atoms with Gasteiger partial charge in [0.2, 0.25) is 0 Å². The van der Waals surface area contributed by atoms with E-state index < -0.39 is 0 Å². The maximum absolute atomic E-state index is 11.7. The van der Waals surface area contributed by atoms with Crippen molar-refractivity contribution in [1.82, 2.24) is 10.6 Å². The first kappa shape index (κ1) is 13.0. The molecule has 1 amide bonds. The zero-order valence-electron chi connectivity index (χ0n) is 10.6. The number of nitrogens with one attached hydrogen (secondary N) is 2. The number of hydrogen-bond donors (Lipinski definition) is 2. The zero-order valence-corrected chi connectivity index (χ0v) is 10.6. The van der Waals surface area contributed by atoms with Gasteiger partial charge in [-0.1, -0.05) is 6.92 Å². The number of hydrogen-bond acceptors (Lipinski definition) is 4. The summed E-state index contributed by atoms with van der Waals surface area (Å²) in [4.78, 5) is 16.0. The Morgan fingerprint density at radius 1 is 1.56 bits per heavy atom. The van der Waals surface area contributed by atoms with Crippen LogP contribution in [0.1, 0.15) is 27.7 Å². The van der Waals surface area contributed by atoms with E-state index in [1.165, 1.54) is 0 Å². The molecule has 5 heteroatoms. The van der Waals surface area contributed by atoms with Crippen LogP contribution in [0.3, 0.4) is 0 Å². The molecule has 0 aliphatic carbocycles. The first-order chi connectivity index (χ1) is 7.33. The lowest BCUT2D eigenvalue weighted by Crippen LogP contribution is -2.47. The number of nitrogens with zero attached hydrogens (tertiary/aromatic N) is 1. The molecule has 1 rings (SSSR count). The lowest BCUT2D eigenvalue weighted by molar-refractivity contribution is -0.121. The van der Waals surface area contributed by atoms with Crippen molar-refractivity contribution >= 4 is 11.9 Å². The summed E-state index contributed by atoms with van der Waals surface area (Å²) in [5.74, 6) is 0.589. The highest BCUT2D eigenvalue weighted by molar-refractivity contribution is 6.05. The van der Waals surface area contributed by atoms with Gasteiger partial charge >= 0.3 is 0 Å². The molecule has 2 N–H and O–H groups in total. The number of ether oxygens (including phenoxy) is 1. The lowest BCUT2D eigenvalue weighted by atomic mass is 10.0. The van der Waals surface area contributed by atoms with Crippen molar-refractivity contribution in [2.24, 2.45) is 10.9 Å². The van der Waals surface area contributed by atoms with Crippen LogP contribution in [0.5, 0.6) is 0 Å².